The largest absolute Gasteiger partial charge is 0.480 e. The Hall–Kier alpha value is -1.34. The van der Waals surface area contributed by atoms with Gasteiger partial charge in [0.1, 0.15) is 6.04 Å². The second-order valence-corrected chi connectivity index (χ2v) is 4.34. The summed E-state index contributed by atoms with van der Waals surface area (Å²) in [5.74, 6) is -0.877. The molecular weight excluding hydrogens is 226 g/mol. The normalized spacial score (nSPS) is 26.5. The van der Waals surface area contributed by atoms with E-state index in [1.165, 1.54) is 7.11 Å². The van der Waals surface area contributed by atoms with Gasteiger partial charge < -0.3 is 20.1 Å². The van der Waals surface area contributed by atoms with E-state index in [1.807, 2.05) is 4.90 Å². The predicted molar refractivity (Wildman–Crippen MR) is 58.8 cm³/mol. The lowest BCUT2D eigenvalue weighted by Crippen LogP contribution is -2.57. The molecule has 2 atom stereocenters. The standard InChI is InChI=1S/C10H17N3O4/c1-17-6-8(9(14)15)12-2-3-13-7(5-12)4-11-10(13)16/h7-8H,2-6H2,1H3,(H,11,16)(H,14,15). The Morgan fingerprint density at radius 3 is 3.06 bits per heavy atom. The number of fused-ring (bicyclic) bond motifs is 1. The number of rotatable bonds is 4. The first kappa shape index (κ1) is 12.1. The first-order valence-electron chi connectivity index (χ1n) is 5.63. The smallest absolute Gasteiger partial charge is 0.323 e. The maximum atomic E-state index is 11.4. The zero-order valence-corrected chi connectivity index (χ0v) is 9.76. The number of methoxy groups -OCH3 is 1. The van der Waals surface area contributed by atoms with Crippen LogP contribution in [0.1, 0.15) is 0 Å². The minimum absolute atomic E-state index is 0.0479. The van der Waals surface area contributed by atoms with Crippen molar-refractivity contribution in [3.8, 4) is 0 Å². The molecule has 2 unspecified atom stereocenters. The lowest BCUT2D eigenvalue weighted by Gasteiger charge is -2.38. The highest BCUT2D eigenvalue weighted by Gasteiger charge is 2.39. The van der Waals surface area contributed by atoms with E-state index in [0.29, 0.717) is 26.2 Å². The van der Waals surface area contributed by atoms with Gasteiger partial charge in [0.2, 0.25) is 0 Å². The summed E-state index contributed by atoms with van der Waals surface area (Å²) in [6.07, 6.45) is 0. The molecule has 2 N–H and O–H groups in total. The maximum Gasteiger partial charge on any atom is 0.323 e. The average Bonchev–Trinajstić information content (AvgIpc) is 2.67. The van der Waals surface area contributed by atoms with Crippen molar-refractivity contribution in [1.29, 1.82) is 0 Å². The van der Waals surface area contributed by atoms with Crippen molar-refractivity contribution >= 4 is 12.0 Å². The van der Waals surface area contributed by atoms with Crippen molar-refractivity contribution in [2.75, 3.05) is 39.9 Å². The first-order valence-corrected chi connectivity index (χ1v) is 5.63. The van der Waals surface area contributed by atoms with Crippen LogP contribution in [0.4, 0.5) is 4.79 Å². The van der Waals surface area contributed by atoms with Crippen LogP contribution in [0.5, 0.6) is 0 Å². The summed E-state index contributed by atoms with van der Waals surface area (Å²) >= 11 is 0. The van der Waals surface area contributed by atoms with Gasteiger partial charge in [-0.1, -0.05) is 0 Å². The fraction of sp³-hybridized carbons (Fsp3) is 0.800. The minimum Gasteiger partial charge on any atom is -0.480 e. The van der Waals surface area contributed by atoms with Crippen molar-refractivity contribution in [2.24, 2.45) is 0 Å². The molecule has 2 rings (SSSR count). The van der Waals surface area contributed by atoms with Gasteiger partial charge in [0.15, 0.2) is 0 Å². The molecule has 96 valence electrons. The van der Waals surface area contributed by atoms with Crippen molar-refractivity contribution in [3.05, 3.63) is 0 Å². The molecule has 17 heavy (non-hydrogen) atoms. The molecule has 0 aromatic carbocycles. The summed E-state index contributed by atoms with van der Waals surface area (Å²) in [7, 11) is 1.49. The molecule has 2 aliphatic heterocycles. The topological polar surface area (TPSA) is 82.1 Å². The van der Waals surface area contributed by atoms with Crippen LogP contribution < -0.4 is 5.32 Å². The number of aliphatic carboxylic acids is 1. The van der Waals surface area contributed by atoms with Gasteiger partial charge in [0.05, 0.1) is 12.6 Å². The molecule has 7 nitrogen and oxygen atoms in total. The molecule has 0 bridgehead atoms. The van der Waals surface area contributed by atoms with E-state index in [-0.39, 0.29) is 18.7 Å². The van der Waals surface area contributed by atoms with Crippen LogP contribution in [0.2, 0.25) is 0 Å². The van der Waals surface area contributed by atoms with E-state index in [4.69, 9.17) is 9.84 Å². The number of carboxylic acid groups (broad SMARTS) is 1. The Bertz CT molecular complexity index is 323. The number of carboxylic acids is 1. The highest BCUT2D eigenvalue weighted by molar-refractivity contribution is 5.77. The van der Waals surface area contributed by atoms with Gasteiger partial charge in [0, 0.05) is 33.3 Å². The van der Waals surface area contributed by atoms with Crippen LogP contribution in [0.3, 0.4) is 0 Å². The number of carbonyl (C=O) groups is 2. The molecule has 2 heterocycles. The number of piperazine rings is 1. The Morgan fingerprint density at radius 2 is 2.41 bits per heavy atom. The van der Waals surface area contributed by atoms with Gasteiger partial charge in [-0.3, -0.25) is 9.69 Å². The fourth-order valence-corrected chi connectivity index (χ4v) is 2.40. The predicted octanol–water partition coefficient (Wildman–Crippen LogP) is -1.20. The second-order valence-electron chi connectivity index (χ2n) is 4.34. The third kappa shape index (κ3) is 2.34. The third-order valence-electron chi connectivity index (χ3n) is 3.31. The van der Waals surface area contributed by atoms with Gasteiger partial charge >= 0.3 is 12.0 Å². The molecule has 2 amide bonds. The van der Waals surface area contributed by atoms with Crippen LogP contribution in [-0.2, 0) is 9.53 Å². The molecular formula is C10H17N3O4. The zero-order chi connectivity index (χ0) is 12.4. The summed E-state index contributed by atoms with van der Waals surface area (Å²) in [6.45, 7) is 2.49. The third-order valence-corrected chi connectivity index (χ3v) is 3.31. The monoisotopic (exact) mass is 243 g/mol. The SMILES string of the molecule is COCC(C(=O)O)N1CCN2C(=O)NCC2C1. The average molecular weight is 243 g/mol. The molecule has 0 spiro atoms. The number of hydrogen-bond acceptors (Lipinski definition) is 4. The summed E-state index contributed by atoms with van der Waals surface area (Å²) in [4.78, 5) is 26.2. The van der Waals surface area contributed by atoms with Crippen LogP contribution in [0, 0.1) is 0 Å². The van der Waals surface area contributed by atoms with Crippen molar-refractivity contribution in [2.45, 2.75) is 12.1 Å². The van der Waals surface area contributed by atoms with Crippen molar-refractivity contribution in [1.82, 2.24) is 15.1 Å². The van der Waals surface area contributed by atoms with Crippen LogP contribution in [0.15, 0.2) is 0 Å². The van der Waals surface area contributed by atoms with E-state index in [2.05, 4.69) is 5.32 Å². The Labute approximate surface area is 99.3 Å². The summed E-state index contributed by atoms with van der Waals surface area (Å²) < 4.78 is 4.93. The molecule has 0 aromatic rings. The van der Waals surface area contributed by atoms with Gasteiger partial charge in [0.25, 0.3) is 0 Å². The molecule has 2 saturated heterocycles. The molecule has 0 saturated carbocycles. The molecule has 0 aliphatic carbocycles. The molecule has 0 aromatic heterocycles. The number of amides is 2. The van der Waals surface area contributed by atoms with E-state index >= 15 is 0 Å². The second kappa shape index (κ2) is 4.89. The highest BCUT2D eigenvalue weighted by atomic mass is 16.5. The lowest BCUT2D eigenvalue weighted by molar-refractivity contribution is -0.146. The molecule has 0 radical (unpaired) electrons. The van der Waals surface area contributed by atoms with Gasteiger partial charge in [-0.2, -0.15) is 0 Å². The van der Waals surface area contributed by atoms with Gasteiger partial charge in [-0.15, -0.1) is 0 Å². The van der Waals surface area contributed by atoms with Crippen LogP contribution >= 0.6 is 0 Å². The first-order chi connectivity index (χ1) is 8.13. The van der Waals surface area contributed by atoms with Crippen molar-refractivity contribution < 1.29 is 19.4 Å². The van der Waals surface area contributed by atoms with E-state index < -0.39 is 12.0 Å². The minimum atomic E-state index is -0.877. The number of hydrogen-bond donors (Lipinski definition) is 2. The van der Waals surface area contributed by atoms with E-state index in [0.717, 1.165) is 0 Å². The summed E-state index contributed by atoms with van der Waals surface area (Å²) in [5.41, 5.74) is 0. The highest BCUT2D eigenvalue weighted by Crippen LogP contribution is 2.16. The Balaban J connectivity index is 1.99. The Kier molecular flexibility index (Phi) is 3.49. The zero-order valence-electron chi connectivity index (χ0n) is 9.76. The molecule has 2 fully saturated rings. The number of nitrogens with zero attached hydrogens (tertiary/aromatic N) is 2. The lowest BCUT2D eigenvalue weighted by atomic mass is 10.1. The number of urea groups is 1. The number of carbonyl (C=O) groups excluding carboxylic acids is 1. The van der Waals surface area contributed by atoms with Crippen LogP contribution in [-0.4, -0.2) is 78.9 Å². The number of nitrogens with one attached hydrogen (secondary N) is 1. The van der Waals surface area contributed by atoms with Crippen molar-refractivity contribution in [3.63, 3.8) is 0 Å². The maximum absolute atomic E-state index is 11.4. The van der Waals surface area contributed by atoms with Gasteiger partial charge in [-0.25, -0.2) is 4.79 Å². The van der Waals surface area contributed by atoms with Crippen LogP contribution in [0.25, 0.3) is 0 Å². The summed E-state index contributed by atoms with van der Waals surface area (Å²) in [6, 6.07) is -0.596. The Morgan fingerprint density at radius 1 is 1.65 bits per heavy atom. The van der Waals surface area contributed by atoms with E-state index in [1.54, 1.807) is 4.90 Å². The molecule has 2 aliphatic rings. The number of ether oxygens (including phenoxy) is 1. The molecule has 7 heteroatoms. The summed E-state index contributed by atoms with van der Waals surface area (Å²) in [5, 5.41) is 11.9. The van der Waals surface area contributed by atoms with E-state index in [9.17, 15) is 9.59 Å². The quantitative estimate of drug-likeness (QED) is 0.648. The van der Waals surface area contributed by atoms with Gasteiger partial charge in [-0.05, 0) is 0 Å². The fourth-order valence-electron chi connectivity index (χ4n) is 2.40.